The normalized spacial score (nSPS) is 20.4. The second kappa shape index (κ2) is 40.1. The van der Waals surface area contributed by atoms with Gasteiger partial charge in [-0.05, 0) is 161 Å². The lowest BCUT2D eigenvalue weighted by atomic mass is 9.81. The smallest absolute Gasteiger partial charge is 0.255 e. The minimum atomic E-state index is -1.73. The summed E-state index contributed by atoms with van der Waals surface area (Å²) in [6, 6.07) is 59.4. The van der Waals surface area contributed by atoms with Crippen molar-refractivity contribution in [2.45, 2.75) is 177 Å². The highest BCUT2D eigenvalue weighted by molar-refractivity contribution is 6.01. The zero-order valence-corrected chi connectivity index (χ0v) is 63.9. The van der Waals surface area contributed by atoms with Gasteiger partial charge < -0.3 is 72.4 Å². The van der Waals surface area contributed by atoms with E-state index in [2.05, 4.69) is 77.4 Å². The van der Waals surface area contributed by atoms with Gasteiger partial charge >= 0.3 is 0 Å². The molecule has 0 spiro atoms. The van der Waals surface area contributed by atoms with Crippen molar-refractivity contribution in [3.63, 3.8) is 0 Å². The molecule has 4 heterocycles. The van der Waals surface area contributed by atoms with Crippen LogP contribution in [0.15, 0.2) is 206 Å². The highest BCUT2D eigenvalue weighted by atomic mass is 16.5. The summed E-state index contributed by atoms with van der Waals surface area (Å²) in [5.74, 6) is -3.42. The van der Waals surface area contributed by atoms with Gasteiger partial charge in [0.15, 0.2) is 11.1 Å². The zero-order valence-electron chi connectivity index (χ0n) is 63.9. The van der Waals surface area contributed by atoms with Gasteiger partial charge in [0.05, 0.1) is 38.5 Å². The van der Waals surface area contributed by atoms with E-state index in [0.29, 0.717) is 125 Å². The number of carbonyl (C=O) groups is 8. The third-order valence-corrected chi connectivity index (χ3v) is 22.6. The van der Waals surface area contributed by atoms with Crippen LogP contribution >= 0.6 is 0 Å². The number of carbonyl (C=O) groups excluding carboxylic acids is 8. The van der Waals surface area contributed by atoms with Crippen LogP contribution in [0.3, 0.4) is 0 Å². The molecule has 22 nitrogen and oxygen atoms in total. The molecule has 22 heteroatoms. The average molecular weight is 1500 g/mol. The third kappa shape index (κ3) is 19.8. The summed E-state index contributed by atoms with van der Waals surface area (Å²) in [6.45, 7) is 7.35. The topological polar surface area (TPSA) is 282 Å². The number of likely N-dealkylation sites (N-methyl/N-ethyl adjacent to an activating group) is 2. The molecule has 0 radical (unpaired) electrons. The maximum atomic E-state index is 15.3. The summed E-state index contributed by atoms with van der Waals surface area (Å²) < 4.78 is 12.3. The largest absolute Gasteiger partial charge is 0.375 e. The maximum absolute atomic E-state index is 15.3. The van der Waals surface area contributed by atoms with Gasteiger partial charge in [0, 0.05) is 38.3 Å². The van der Waals surface area contributed by atoms with Crippen LogP contribution in [0.25, 0.3) is 0 Å². The first-order valence-electron chi connectivity index (χ1n) is 39.5. The quantitative estimate of drug-likeness (QED) is 0.0165. The molecule has 4 saturated heterocycles. The number of nitrogens with one attached hydrogen (secondary N) is 10. The molecule has 0 saturated carbocycles. The van der Waals surface area contributed by atoms with Crippen molar-refractivity contribution in [1.29, 1.82) is 0 Å². The van der Waals surface area contributed by atoms with E-state index in [0.717, 1.165) is 22.3 Å². The monoisotopic (exact) mass is 1490 g/mol. The fourth-order valence-electron chi connectivity index (χ4n) is 16.5. The number of rotatable bonds is 38. The first kappa shape index (κ1) is 81.1. The van der Waals surface area contributed by atoms with Crippen LogP contribution in [0.1, 0.15) is 135 Å². The molecule has 10 atom stereocenters. The predicted octanol–water partition coefficient (Wildman–Crippen LogP) is 7.94. The van der Waals surface area contributed by atoms with Crippen LogP contribution < -0.4 is 53.2 Å². The van der Waals surface area contributed by atoms with E-state index in [4.69, 9.17) is 9.47 Å². The second-order valence-electron chi connectivity index (χ2n) is 29.4. The van der Waals surface area contributed by atoms with E-state index in [1.54, 1.807) is 23.9 Å². The number of nitrogens with zero attached hydrogens (tertiary/aromatic N) is 2. The Morgan fingerprint density at radius 1 is 0.409 bits per heavy atom. The van der Waals surface area contributed by atoms with Gasteiger partial charge in [-0.3, -0.25) is 38.4 Å². The highest BCUT2D eigenvalue weighted by Gasteiger charge is 2.53. The Balaban J connectivity index is 0.701. The Hall–Kier alpha value is -9.94. The summed E-state index contributed by atoms with van der Waals surface area (Å²) in [5.41, 5.74) is 2.69. The molecule has 0 bridgehead atoms. The zero-order chi connectivity index (χ0) is 77.2. The molecule has 11 rings (SSSR count). The van der Waals surface area contributed by atoms with E-state index in [-0.39, 0.29) is 87.1 Å². The molecular weight excluding hydrogens is 1390 g/mol. The average Bonchev–Trinajstić information content (AvgIpc) is 0.931. The Morgan fingerprint density at radius 2 is 0.727 bits per heavy atom. The Kier molecular flexibility index (Phi) is 29.6. The summed E-state index contributed by atoms with van der Waals surface area (Å²) in [6.07, 6.45) is 6.94. The van der Waals surface area contributed by atoms with Crippen LogP contribution in [-0.4, -0.2) is 159 Å². The van der Waals surface area contributed by atoms with Crippen molar-refractivity contribution in [2.75, 3.05) is 53.5 Å². The first-order valence-corrected chi connectivity index (χ1v) is 39.5. The molecule has 8 amide bonds. The Labute approximate surface area is 647 Å². The lowest BCUT2D eigenvalue weighted by Gasteiger charge is -2.38. The van der Waals surface area contributed by atoms with Crippen LogP contribution in [-0.2, 0) is 85.2 Å². The maximum Gasteiger partial charge on any atom is 0.255 e. The molecule has 7 aromatic carbocycles. The fourth-order valence-corrected chi connectivity index (χ4v) is 16.5. The van der Waals surface area contributed by atoms with E-state index in [9.17, 15) is 9.59 Å². The molecule has 110 heavy (non-hydrogen) atoms. The number of ether oxygens (including phenoxy) is 2. The number of amides is 8. The van der Waals surface area contributed by atoms with Crippen LogP contribution in [0, 0.1) is 11.8 Å². The van der Waals surface area contributed by atoms with E-state index >= 15 is 28.8 Å². The molecule has 0 aromatic heterocycles. The van der Waals surface area contributed by atoms with Crippen LogP contribution in [0.5, 0.6) is 0 Å². The van der Waals surface area contributed by atoms with Crippen molar-refractivity contribution < 1.29 is 47.8 Å². The SMILES string of the molecule is CC[C@H](NC)C(=O)N[C@@H]1C(=O)N2C(C(=O)NC(C(=O)NCCOCc3ccc(COCCNC(=O)C(NC(=O)[C@@H]4CC[C@@H]5CC[C@H](CCNCc6ccccc6)[C@H](NC(=O)[C@H](CC)NC)C(=O)N54)(c4ccccc4)c4ccccc4)cc3)(c3ccccc3)c3ccccc3)CC[C@@H]2CC[C@@H]1CCNCc1ccccc1. The van der Waals surface area contributed by atoms with Crippen LogP contribution in [0.2, 0.25) is 0 Å². The van der Waals surface area contributed by atoms with Gasteiger partial charge in [-0.15, -0.1) is 0 Å². The summed E-state index contributed by atoms with van der Waals surface area (Å²) >= 11 is 0. The lowest BCUT2D eigenvalue weighted by molar-refractivity contribution is -0.145. The molecule has 582 valence electrons. The fraction of sp³-hybridized carbons (Fsp3) is 0.432. The Morgan fingerprint density at radius 3 is 1.05 bits per heavy atom. The van der Waals surface area contributed by atoms with Gasteiger partial charge in [0.1, 0.15) is 24.2 Å². The summed E-state index contributed by atoms with van der Waals surface area (Å²) in [4.78, 5) is 123. The molecule has 4 aliphatic rings. The van der Waals surface area contributed by atoms with Crippen LogP contribution in [0.4, 0.5) is 0 Å². The number of hydrogen-bond donors (Lipinski definition) is 10. The molecule has 1 unspecified atom stereocenters. The van der Waals surface area contributed by atoms with Crippen molar-refractivity contribution >= 4 is 47.3 Å². The van der Waals surface area contributed by atoms with Gasteiger partial charge in [0.2, 0.25) is 35.4 Å². The van der Waals surface area contributed by atoms with Gasteiger partial charge in [-0.1, -0.05) is 220 Å². The molecule has 4 aliphatic heterocycles. The van der Waals surface area contributed by atoms with Gasteiger partial charge in [-0.2, -0.15) is 0 Å². The van der Waals surface area contributed by atoms with Gasteiger partial charge in [0.25, 0.3) is 11.8 Å². The third-order valence-electron chi connectivity index (χ3n) is 22.6. The number of hydrogen-bond acceptors (Lipinski definition) is 14. The molecule has 0 aliphatic carbocycles. The summed E-state index contributed by atoms with van der Waals surface area (Å²) in [7, 11) is 3.46. The molecule has 7 aromatic rings. The minimum Gasteiger partial charge on any atom is -0.375 e. The summed E-state index contributed by atoms with van der Waals surface area (Å²) in [5, 5.41) is 32.2. The van der Waals surface area contributed by atoms with E-state index in [1.807, 2.05) is 196 Å². The standard InChI is InChI=1S/C88H110N12O10/c1-5-73(89-3)79(101)95-77-65(49-51-91-57-61-25-13-7-14-26-61)41-43-71-45-47-75(99(71)83(77)105)81(103)97-87(67-29-17-9-18-30-67,68-31-19-10-20-32-68)85(107)93-53-55-109-59-63-37-39-64(40-38-63)60-110-56-54-94-86(108)88(69-33-21-11-22-34-69,70-35-23-12-24-36-70)98-82(104)76-48-46-72-44-42-66(50-52-92-58-62-27-15-8-16-28-62)78(84(106)100(72)76)96-80(102)74(6-2)90-4/h7-40,65-66,71-78,89-92H,5-6,41-60H2,1-4H3,(H,93,107)(H,94,108)(H,95,101)(H,96,102)(H,97,103)(H,98,104)/t65-,66-,71+,72+,73+,74+,75+,76?,77+,78+/m1/s1. The van der Waals surface area contributed by atoms with Crippen molar-refractivity contribution in [3.05, 3.63) is 251 Å². The highest BCUT2D eigenvalue weighted by Crippen LogP contribution is 2.40. The molecular formula is C88H110N12O10. The van der Waals surface area contributed by atoms with E-state index < -0.39 is 71.0 Å². The number of benzene rings is 7. The minimum absolute atomic E-state index is 0.1000. The van der Waals surface area contributed by atoms with E-state index in [1.165, 1.54) is 0 Å². The Bertz CT molecular complexity index is 3760. The number of fused-ring (bicyclic) bond motifs is 2. The molecule has 4 fully saturated rings. The van der Waals surface area contributed by atoms with Gasteiger partial charge in [-0.25, -0.2) is 0 Å². The molecule has 10 N–H and O–H groups in total. The second-order valence-corrected chi connectivity index (χ2v) is 29.4. The lowest BCUT2D eigenvalue weighted by Crippen LogP contribution is -2.62. The first-order chi connectivity index (χ1) is 53.7. The van der Waals surface area contributed by atoms with Crippen molar-refractivity contribution in [3.8, 4) is 0 Å². The van der Waals surface area contributed by atoms with Crippen molar-refractivity contribution in [1.82, 2.24) is 63.0 Å². The predicted molar refractivity (Wildman–Crippen MR) is 424 cm³/mol. The van der Waals surface area contributed by atoms with Crippen molar-refractivity contribution in [2.24, 2.45) is 11.8 Å².